The van der Waals surface area contributed by atoms with E-state index in [1.54, 1.807) is 0 Å². The van der Waals surface area contributed by atoms with Crippen molar-refractivity contribution in [2.24, 2.45) is 0 Å². The van der Waals surface area contributed by atoms with Crippen molar-refractivity contribution in [3.05, 3.63) is 24.3 Å². The van der Waals surface area contributed by atoms with Crippen LogP contribution in [-0.2, 0) is 20.2 Å². The maximum atomic E-state index is 11.2. The maximum Gasteiger partial charge on any atom is 0.298 e. The van der Waals surface area contributed by atoms with E-state index in [-0.39, 0.29) is 21.8 Å². The topological polar surface area (TPSA) is 165 Å². The van der Waals surface area contributed by atoms with Gasteiger partial charge in [-0.05, 0) is 12.1 Å². The second kappa shape index (κ2) is 4.58. The van der Waals surface area contributed by atoms with Crippen LogP contribution in [0.1, 0.15) is 0 Å². The van der Waals surface area contributed by atoms with Crippen molar-refractivity contribution in [3.63, 3.8) is 0 Å². The Bertz CT molecular complexity index is 1170. The molecule has 9 nitrogen and oxygen atoms in total. The van der Waals surface area contributed by atoms with E-state index >= 15 is 0 Å². The number of hydrogen-bond donors (Lipinski definition) is 5. The highest BCUT2D eigenvalue weighted by Gasteiger charge is 2.21. The molecule has 0 atom stereocenters. The predicted molar refractivity (Wildman–Crippen MR) is 78.8 cm³/mol. The standard InChI is InChI=1S/C12H9NO8S2/c14-9-4-8-6(3-11(9)23(19,20)21)7-1-5(22(16,17)18)2-10(15)12(7)13-8/h1-4,13-15H,(H,16,17,18)(H,19,20,21). The molecule has 3 rings (SSSR count). The van der Waals surface area contributed by atoms with Gasteiger partial charge in [-0.25, -0.2) is 0 Å². The Balaban J connectivity index is 2.51. The van der Waals surface area contributed by atoms with Gasteiger partial charge in [0.05, 0.1) is 15.9 Å². The van der Waals surface area contributed by atoms with E-state index in [9.17, 15) is 27.0 Å². The normalized spacial score (nSPS) is 13.0. The van der Waals surface area contributed by atoms with Crippen LogP contribution in [0.25, 0.3) is 21.8 Å². The molecule has 0 spiro atoms. The zero-order chi connectivity index (χ0) is 17.2. The van der Waals surface area contributed by atoms with Gasteiger partial charge in [-0.15, -0.1) is 0 Å². The summed E-state index contributed by atoms with van der Waals surface area (Å²) in [6.07, 6.45) is 0. The third-order valence-corrected chi connectivity index (χ3v) is 5.03. The van der Waals surface area contributed by atoms with E-state index in [2.05, 4.69) is 4.98 Å². The van der Waals surface area contributed by atoms with Gasteiger partial charge >= 0.3 is 0 Å². The lowest BCUT2D eigenvalue weighted by Gasteiger charge is -2.02. The number of rotatable bonds is 2. The van der Waals surface area contributed by atoms with Gasteiger partial charge in [-0.2, -0.15) is 16.8 Å². The van der Waals surface area contributed by atoms with Crippen LogP contribution >= 0.6 is 0 Å². The highest BCUT2D eigenvalue weighted by molar-refractivity contribution is 7.86. The fraction of sp³-hybridized carbons (Fsp3) is 0. The lowest BCUT2D eigenvalue weighted by Crippen LogP contribution is -1.98. The molecule has 11 heteroatoms. The monoisotopic (exact) mass is 359 g/mol. The van der Waals surface area contributed by atoms with Crippen molar-refractivity contribution >= 4 is 42.0 Å². The molecule has 3 aromatic rings. The first-order valence-electron chi connectivity index (χ1n) is 5.95. The molecule has 0 aliphatic heterocycles. The van der Waals surface area contributed by atoms with Gasteiger partial charge in [0, 0.05) is 22.9 Å². The van der Waals surface area contributed by atoms with Crippen molar-refractivity contribution in [1.82, 2.24) is 4.98 Å². The van der Waals surface area contributed by atoms with Crippen LogP contribution in [-0.4, -0.2) is 41.1 Å². The minimum Gasteiger partial charge on any atom is -0.506 e. The van der Waals surface area contributed by atoms with Gasteiger partial charge in [-0.3, -0.25) is 9.11 Å². The molecule has 5 N–H and O–H groups in total. The van der Waals surface area contributed by atoms with Gasteiger partial charge in [0.2, 0.25) is 0 Å². The smallest absolute Gasteiger partial charge is 0.298 e. The summed E-state index contributed by atoms with van der Waals surface area (Å²) in [5, 5.41) is 19.7. The summed E-state index contributed by atoms with van der Waals surface area (Å²) in [5.41, 5.74) is 0.256. The third-order valence-electron chi connectivity index (χ3n) is 3.32. The van der Waals surface area contributed by atoms with Crippen LogP contribution in [0, 0.1) is 0 Å². The van der Waals surface area contributed by atoms with Gasteiger partial charge in [0.1, 0.15) is 16.4 Å². The molecule has 0 saturated carbocycles. The van der Waals surface area contributed by atoms with Gasteiger partial charge < -0.3 is 15.2 Å². The number of phenolic OH excluding ortho intramolecular Hbond substituents is 2. The first kappa shape index (κ1) is 15.6. The number of aromatic nitrogens is 1. The van der Waals surface area contributed by atoms with Gasteiger partial charge in [0.15, 0.2) is 0 Å². The van der Waals surface area contributed by atoms with Crippen molar-refractivity contribution < 1.29 is 36.2 Å². The largest absolute Gasteiger partial charge is 0.506 e. The number of H-pyrrole nitrogens is 1. The average molecular weight is 359 g/mol. The molecule has 23 heavy (non-hydrogen) atoms. The highest BCUT2D eigenvalue weighted by Crippen LogP contribution is 2.37. The van der Waals surface area contributed by atoms with Crippen molar-refractivity contribution in [2.75, 3.05) is 0 Å². The van der Waals surface area contributed by atoms with E-state index in [1.807, 2.05) is 0 Å². The summed E-state index contributed by atoms with van der Waals surface area (Å²) < 4.78 is 63.1. The lowest BCUT2D eigenvalue weighted by atomic mass is 10.1. The number of aromatic amines is 1. The molecule has 0 amide bonds. The molecule has 0 bridgehead atoms. The van der Waals surface area contributed by atoms with Crippen molar-refractivity contribution in [1.29, 1.82) is 0 Å². The quantitative estimate of drug-likeness (QED) is 0.426. The van der Waals surface area contributed by atoms with E-state index in [4.69, 9.17) is 9.11 Å². The zero-order valence-electron chi connectivity index (χ0n) is 11.0. The van der Waals surface area contributed by atoms with E-state index in [1.165, 1.54) is 0 Å². The predicted octanol–water partition coefficient (Wildman–Crippen LogP) is 1.23. The summed E-state index contributed by atoms with van der Waals surface area (Å²) in [6, 6.07) is 3.77. The van der Waals surface area contributed by atoms with Crippen molar-refractivity contribution in [2.45, 2.75) is 9.79 Å². The first-order chi connectivity index (χ1) is 10.5. The van der Waals surface area contributed by atoms with E-state index in [0.29, 0.717) is 0 Å². The Morgan fingerprint density at radius 3 is 2.00 bits per heavy atom. The highest BCUT2D eigenvalue weighted by atomic mass is 32.2. The minimum atomic E-state index is -4.71. The summed E-state index contributed by atoms with van der Waals surface area (Å²) >= 11 is 0. The Morgan fingerprint density at radius 1 is 0.783 bits per heavy atom. The van der Waals surface area contributed by atoms with Crippen LogP contribution in [0.15, 0.2) is 34.1 Å². The second-order valence-electron chi connectivity index (χ2n) is 4.81. The molecular weight excluding hydrogens is 350 g/mol. The fourth-order valence-electron chi connectivity index (χ4n) is 2.33. The Kier molecular flexibility index (Phi) is 3.10. The molecule has 0 unspecified atom stereocenters. The summed E-state index contributed by atoms with van der Waals surface area (Å²) in [4.78, 5) is 1.31. The molecule has 0 fully saturated rings. The Labute approximate surface area is 129 Å². The third kappa shape index (κ3) is 2.49. The number of benzene rings is 2. The molecule has 0 aliphatic rings. The average Bonchev–Trinajstić information content (AvgIpc) is 2.73. The summed E-state index contributed by atoms with van der Waals surface area (Å²) in [6.45, 7) is 0. The maximum absolute atomic E-state index is 11.2. The summed E-state index contributed by atoms with van der Waals surface area (Å²) in [7, 11) is -9.32. The second-order valence-corrected chi connectivity index (χ2v) is 7.62. The van der Waals surface area contributed by atoms with Gasteiger partial charge in [-0.1, -0.05) is 0 Å². The lowest BCUT2D eigenvalue weighted by molar-refractivity contribution is 0.444. The molecule has 0 radical (unpaired) electrons. The molecule has 0 saturated heterocycles. The van der Waals surface area contributed by atoms with Crippen LogP contribution in [0.4, 0.5) is 0 Å². The molecule has 0 aliphatic carbocycles. The first-order valence-corrected chi connectivity index (χ1v) is 8.83. The minimum absolute atomic E-state index is 0.0688. The fourth-order valence-corrected chi connectivity index (χ4v) is 3.45. The number of aromatic hydroxyl groups is 2. The number of nitrogens with one attached hydrogen (secondary N) is 1. The van der Waals surface area contributed by atoms with Crippen LogP contribution < -0.4 is 0 Å². The van der Waals surface area contributed by atoms with Gasteiger partial charge in [0.25, 0.3) is 20.2 Å². The summed E-state index contributed by atoms with van der Waals surface area (Å²) in [5.74, 6) is -1.22. The SMILES string of the molecule is O=S(=O)(O)c1cc(O)c2[nH]c3cc(O)c(S(=O)(=O)O)cc3c2c1. The van der Waals surface area contributed by atoms with E-state index in [0.717, 1.165) is 24.3 Å². The number of hydrogen-bond acceptors (Lipinski definition) is 6. The van der Waals surface area contributed by atoms with Crippen LogP contribution in [0.2, 0.25) is 0 Å². The molecule has 1 aromatic heterocycles. The van der Waals surface area contributed by atoms with E-state index < -0.39 is 41.5 Å². The Morgan fingerprint density at radius 2 is 1.43 bits per heavy atom. The number of phenols is 2. The number of fused-ring (bicyclic) bond motifs is 3. The molecule has 1 heterocycles. The van der Waals surface area contributed by atoms with Crippen LogP contribution in [0.5, 0.6) is 11.5 Å². The van der Waals surface area contributed by atoms with Crippen molar-refractivity contribution in [3.8, 4) is 11.5 Å². The molecule has 2 aromatic carbocycles. The Hall–Kier alpha value is -2.34. The zero-order valence-corrected chi connectivity index (χ0v) is 12.7. The molecular formula is C12H9NO8S2. The van der Waals surface area contributed by atoms with Crippen LogP contribution in [0.3, 0.4) is 0 Å². The molecule has 122 valence electrons.